The second kappa shape index (κ2) is 6.20. The molecule has 114 valence electrons. The lowest BCUT2D eigenvalue weighted by Gasteiger charge is -2.28. The molecular formula is C17H23ClN2O. The van der Waals surface area contributed by atoms with Gasteiger partial charge in [0.05, 0.1) is 21.8 Å². The maximum atomic E-state index is 6.44. The van der Waals surface area contributed by atoms with E-state index >= 15 is 0 Å². The largest absolute Gasteiger partial charge is 0.381 e. The van der Waals surface area contributed by atoms with E-state index in [9.17, 15) is 0 Å². The molecule has 0 amide bonds. The lowest BCUT2D eigenvalue weighted by Crippen LogP contribution is -2.31. The molecule has 2 aromatic rings. The number of ether oxygens (including phenoxy) is 1. The maximum absolute atomic E-state index is 6.44. The van der Waals surface area contributed by atoms with E-state index in [0.717, 1.165) is 33.6 Å². The summed E-state index contributed by atoms with van der Waals surface area (Å²) in [4.78, 5) is 4.46. The average Bonchev–Trinajstić information content (AvgIpc) is 2.43. The Labute approximate surface area is 131 Å². The van der Waals surface area contributed by atoms with Crippen LogP contribution in [-0.4, -0.2) is 23.7 Å². The van der Waals surface area contributed by atoms with Gasteiger partial charge in [-0.2, -0.15) is 0 Å². The molecule has 0 aliphatic carbocycles. The summed E-state index contributed by atoms with van der Waals surface area (Å²) in [5, 5.41) is 5.31. The quantitative estimate of drug-likeness (QED) is 0.860. The van der Waals surface area contributed by atoms with Crippen molar-refractivity contribution in [3.8, 4) is 0 Å². The number of fused-ring (bicyclic) bond motifs is 1. The van der Waals surface area contributed by atoms with Gasteiger partial charge in [0.15, 0.2) is 0 Å². The minimum atomic E-state index is -0.169. The molecule has 21 heavy (non-hydrogen) atoms. The summed E-state index contributed by atoms with van der Waals surface area (Å²) in [6.45, 7) is 8.34. The van der Waals surface area contributed by atoms with Crippen molar-refractivity contribution in [2.24, 2.45) is 0 Å². The van der Waals surface area contributed by atoms with Crippen LogP contribution in [0.25, 0.3) is 10.9 Å². The van der Waals surface area contributed by atoms with E-state index in [1.54, 1.807) is 7.11 Å². The van der Waals surface area contributed by atoms with Gasteiger partial charge in [0.25, 0.3) is 0 Å². The number of hydrogen-bond donors (Lipinski definition) is 1. The molecule has 1 unspecified atom stereocenters. The number of benzene rings is 1. The zero-order valence-electron chi connectivity index (χ0n) is 13.3. The first-order valence-electron chi connectivity index (χ1n) is 7.19. The van der Waals surface area contributed by atoms with Crippen molar-refractivity contribution >= 4 is 28.2 Å². The number of nitrogens with one attached hydrogen (secondary N) is 1. The van der Waals surface area contributed by atoms with Crippen molar-refractivity contribution in [2.75, 3.05) is 12.4 Å². The fraction of sp³-hybridized carbons (Fsp3) is 0.471. The lowest BCUT2D eigenvalue weighted by atomic mass is 9.99. The van der Waals surface area contributed by atoms with Crippen LogP contribution in [-0.2, 0) is 4.74 Å². The van der Waals surface area contributed by atoms with Gasteiger partial charge in [-0.3, -0.25) is 4.98 Å². The minimum absolute atomic E-state index is 0.169. The zero-order chi connectivity index (χ0) is 15.6. The first-order valence-corrected chi connectivity index (χ1v) is 7.57. The molecule has 0 aliphatic rings. The Hall–Kier alpha value is -1.32. The molecule has 1 aromatic heterocycles. The Morgan fingerprint density at radius 3 is 2.81 bits per heavy atom. The summed E-state index contributed by atoms with van der Waals surface area (Å²) in [6.07, 6.45) is 2.69. The summed E-state index contributed by atoms with van der Waals surface area (Å²) in [5.74, 6) is 0. The fourth-order valence-corrected chi connectivity index (χ4v) is 2.97. The molecule has 0 radical (unpaired) electrons. The molecule has 1 atom stereocenters. The van der Waals surface area contributed by atoms with Gasteiger partial charge in [0.2, 0.25) is 0 Å². The molecule has 1 heterocycles. The topological polar surface area (TPSA) is 34.1 Å². The van der Waals surface area contributed by atoms with Crippen molar-refractivity contribution in [3.63, 3.8) is 0 Å². The van der Waals surface area contributed by atoms with Gasteiger partial charge in [-0.05, 0) is 57.9 Å². The molecule has 1 aromatic carbocycles. The summed E-state index contributed by atoms with van der Waals surface area (Å²) in [5.41, 5.74) is 2.86. The predicted octanol–water partition coefficient (Wildman–Crippen LogP) is 4.81. The second-order valence-electron chi connectivity index (χ2n) is 6.16. The van der Waals surface area contributed by atoms with Crippen molar-refractivity contribution < 1.29 is 4.74 Å². The summed E-state index contributed by atoms with van der Waals surface area (Å²) in [7, 11) is 1.74. The van der Waals surface area contributed by atoms with Crippen LogP contribution in [0.1, 0.15) is 32.8 Å². The molecule has 0 spiro atoms. The molecule has 1 N–H and O–H groups in total. The van der Waals surface area contributed by atoms with Gasteiger partial charge in [-0.25, -0.2) is 0 Å². The highest BCUT2D eigenvalue weighted by Crippen LogP contribution is 2.33. The average molecular weight is 307 g/mol. The summed E-state index contributed by atoms with van der Waals surface area (Å²) >= 11 is 6.44. The molecular weight excluding hydrogens is 284 g/mol. The van der Waals surface area contributed by atoms with E-state index in [1.807, 2.05) is 25.3 Å². The van der Waals surface area contributed by atoms with Gasteiger partial charge in [0, 0.05) is 24.7 Å². The normalized spacial score (nSPS) is 13.4. The van der Waals surface area contributed by atoms with Gasteiger partial charge < -0.3 is 10.1 Å². The summed E-state index contributed by atoms with van der Waals surface area (Å²) in [6, 6.07) is 6.20. The molecule has 4 heteroatoms. The van der Waals surface area contributed by atoms with Crippen LogP contribution in [0.5, 0.6) is 0 Å². The number of methoxy groups -OCH3 is 1. The molecule has 2 rings (SSSR count). The first kappa shape index (κ1) is 16.1. The highest BCUT2D eigenvalue weighted by atomic mass is 35.5. The Morgan fingerprint density at radius 1 is 1.43 bits per heavy atom. The van der Waals surface area contributed by atoms with E-state index in [0.29, 0.717) is 0 Å². The van der Waals surface area contributed by atoms with E-state index in [4.69, 9.17) is 16.3 Å². The number of nitrogens with zero attached hydrogens (tertiary/aromatic N) is 1. The number of pyridine rings is 1. The van der Waals surface area contributed by atoms with Crippen LogP contribution in [0, 0.1) is 6.92 Å². The van der Waals surface area contributed by atoms with Crippen molar-refractivity contribution in [2.45, 2.75) is 45.8 Å². The van der Waals surface area contributed by atoms with Crippen LogP contribution < -0.4 is 5.32 Å². The third kappa shape index (κ3) is 3.66. The van der Waals surface area contributed by atoms with E-state index < -0.39 is 0 Å². The number of halogens is 1. The lowest BCUT2D eigenvalue weighted by molar-refractivity contribution is 0.0128. The molecule has 0 saturated carbocycles. The Morgan fingerprint density at radius 2 is 2.14 bits per heavy atom. The highest BCUT2D eigenvalue weighted by Gasteiger charge is 2.21. The third-order valence-corrected chi connectivity index (χ3v) is 4.07. The zero-order valence-corrected chi connectivity index (χ0v) is 14.1. The summed E-state index contributed by atoms with van der Waals surface area (Å²) < 4.78 is 5.50. The highest BCUT2D eigenvalue weighted by molar-refractivity contribution is 6.35. The van der Waals surface area contributed by atoms with Crippen LogP contribution in [0.15, 0.2) is 24.4 Å². The molecule has 0 aliphatic heterocycles. The van der Waals surface area contributed by atoms with Gasteiger partial charge in [-0.1, -0.05) is 11.6 Å². The van der Waals surface area contributed by atoms with Crippen molar-refractivity contribution in [1.82, 2.24) is 4.98 Å². The number of aromatic nitrogens is 1. The molecule has 0 saturated heterocycles. The Bertz CT molecular complexity index is 640. The van der Waals surface area contributed by atoms with Gasteiger partial charge in [0.1, 0.15) is 0 Å². The second-order valence-corrected chi connectivity index (χ2v) is 6.57. The van der Waals surface area contributed by atoms with Crippen molar-refractivity contribution in [3.05, 3.63) is 35.0 Å². The number of rotatable bonds is 5. The van der Waals surface area contributed by atoms with Crippen LogP contribution in [0.2, 0.25) is 5.02 Å². The van der Waals surface area contributed by atoms with Gasteiger partial charge in [-0.15, -0.1) is 0 Å². The SMILES string of the molecule is COC(C)(C)CC(C)Nc1c(Cl)cc(C)c2ncccc12. The molecule has 3 nitrogen and oxygen atoms in total. The van der Waals surface area contributed by atoms with E-state index in [1.165, 1.54) is 0 Å². The number of hydrogen-bond acceptors (Lipinski definition) is 3. The van der Waals surface area contributed by atoms with Crippen LogP contribution in [0.3, 0.4) is 0 Å². The number of aryl methyl sites for hydroxylation is 1. The van der Waals surface area contributed by atoms with E-state index in [-0.39, 0.29) is 11.6 Å². The molecule has 0 bridgehead atoms. The smallest absolute Gasteiger partial charge is 0.0752 e. The maximum Gasteiger partial charge on any atom is 0.0752 e. The van der Waals surface area contributed by atoms with Crippen LogP contribution in [0.4, 0.5) is 5.69 Å². The predicted molar refractivity (Wildman–Crippen MR) is 90.3 cm³/mol. The number of anilines is 1. The molecule has 0 fully saturated rings. The minimum Gasteiger partial charge on any atom is -0.381 e. The van der Waals surface area contributed by atoms with Crippen LogP contribution >= 0.6 is 11.6 Å². The Kier molecular flexibility index (Phi) is 4.74. The van der Waals surface area contributed by atoms with E-state index in [2.05, 4.69) is 37.1 Å². The fourth-order valence-electron chi connectivity index (χ4n) is 2.65. The first-order chi connectivity index (χ1) is 9.84. The van der Waals surface area contributed by atoms with Gasteiger partial charge >= 0.3 is 0 Å². The third-order valence-electron chi connectivity index (χ3n) is 3.77. The standard InChI is InChI=1S/C17H23ClN2O/c1-11-9-14(18)16(13-7-6-8-19-15(11)13)20-12(2)10-17(3,4)21-5/h6-9,12,20H,10H2,1-5H3. The monoisotopic (exact) mass is 306 g/mol. The van der Waals surface area contributed by atoms with Crippen molar-refractivity contribution in [1.29, 1.82) is 0 Å². The Balaban J connectivity index is 2.34.